The maximum atomic E-state index is 10.9. The van der Waals surface area contributed by atoms with Crippen LogP contribution in [0.15, 0.2) is 12.3 Å². The van der Waals surface area contributed by atoms with E-state index in [0.717, 1.165) is 6.54 Å². The zero-order chi connectivity index (χ0) is 14.6. The lowest BCUT2D eigenvalue weighted by Crippen LogP contribution is -2.24. The van der Waals surface area contributed by atoms with Crippen molar-refractivity contribution in [3.63, 3.8) is 0 Å². The fourth-order valence-corrected chi connectivity index (χ4v) is 2.27. The largest absolute Gasteiger partial charge is 0.370 e. The predicted molar refractivity (Wildman–Crippen MR) is 77.3 cm³/mol. The van der Waals surface area contributed by atoms with Crippen molar-refractivity contribution in [2.24, 2.45) is 17.8 Å². The highest BCUT2D eigenvalue weighted by Crippen LogP contribution is 2.23. The van der Waals surface area contributed by atoms with Crippen LogP contribution in [0.4, 0.5) is 11.5 Å². The average molecular weight is 265 g/mol. The van der Waals surface area contributed by atoms with Gasteiger partial charge in [-0.3, -0.25) is 10.1 Å². The zero-order valence-corrected chi connectivity index (χ0v) is 12.3. The molecule has 5 nitrogen and oxygen atoms in total. The summed E-state index contributed by atoms with van der Waals surface area (Å²) in [6, 6.07) is 1.51. The molecule has 0 bridgehead atoms. The molecule has 0 aliphatic rings. The number of pyridine rings is 1. The van der Waals surface area contributed by atoms with Gasteiger partial charge in [-0.15, -0.1) is 0 Å². The van der Waals surface area contributed by atoms with Crippen LogP contribution in [-0.2, 0) is 0 Å². The van der Waals surface area contributed by atoms with E-state index in [-0.39, 0.29) is 10.6 Å². The molecule has 0 fully saturated rings. The monoisotopic (exact) mass is 265 g/mol. The highest BCUT2D eigenvalue weighted by Gasteiger charge is 2.18. The van der Waals surface area contributed by atoms with Gasteiger partial charge in [-0.2, -0.15) is 0 Å². The quantitative estimate of drug-likeness (QED) is 0.630. The first-order valence-electron chi connectivity index (χ1n) is 6.67. The number of aromatic nitrogens is 1. The van der Waals surface area contributed by atoms with Crippen molar-refractivity contribution in [1.29, 1.82) is 0 Å². The number of aryl methyl sites for hydroxylation is 1. The van der Waals surface area contributed by atoms with E-state index in [9.17, 15) is 10.1 Å². The van der Waals surface area contributed by atoms with Crippen LogP contribution in [0.3, 0.4) is 0 Å². The molecule has 0 atom stereocenters. The maximum Gasteiger partial charge on any atom is 0.277 e. The minimum absolute atomic E-state index is 0.114. The van der Waals surface area contributed by atoms with Crippen molar-refractivity contribution in [1.82, 2.24) is 4.98 Å². The van der Waals surface area contributed by atoms with Crippen LogP contribution in [0.25, 0.3) is 0 Å². The molecule has 1 heterocycles. The highest BCUT2D eigenvalue weighted by molar-refractivity contribution is 5.48. The lowest BCUT2D eigenvalue weighted by Gasteiger charge is -2.25. The van der Waals surface area contributed by atoms with Gasteiger partial charge in [-0.1, -0.05) is 27.7 Å². The maximum absolute atomic E-state index is 10.9. The summed E-state index contributed by atoms with van der Waals surface area (Å²) in [5.41, 5.74) is 0.697. The van der Waals surface area contributed by atoms with Crippen LogP contribution in [0.1, 0.15) is 33.3 Å². The average Bonchev–Trinajstić information content (AvgIpc) is 2.30. The Morgan fingerprint density at radius 3 is 2.37 bits per heavy atom. The van der Waals surface area contributed by atoms with Gasteiger partial charge >= 0.3 is 0 Å². The zero-order valence-electron chi connectivity index (χ0n) is 12.3. The van der Waals surface area contributed by atoms with Crippen LogP contribution in [0.5, 0.6) is 0 Å². The number of nitrogens with one attached hydrogen (secondary N) is 1. The minimum atomic E-state index is -0.370. The van der Waals surface area contributed by atoms with E-state index in [2.05, 4.69) is 38.0 Å². The highest BCUT2D eigenvalue weighted by atomic mass is 16.6. The molecule has 1 aromatic heterocycles. The first-order chi connectivity index (χ1) is 8.82. The van der Waals surface area contributed by atoms with Gasteiger partial charge in [0.05, 0.1) is 11.0 Å². The number of nitrogens with zero attached hydrogens (tertiary/aromatic N) is 2. The molecule has 1 N–H and O–H groups in total. The third-order valence-corrected chi connectivity index (χ3v) is 3.50. The van der Waals surface area contributed by atoms with Crippen molar-refractivity contribution < 1.29 is 4.92 Å². The SMILES string of the molecule is Cc1cnc(NCC(C(C)C)C(C)C)cc1[N+](=O)[O-]. The fourth-order valence-electron chi connectivity index (χ4n) is 2.27. The van der Waals surface area contributed by atoms with Gasteiger partial charge in [0.2, 0.25) is 0 Å². The summed E-state index contributed by atoms with van der Waals surface area (Å²) < 4.78 is 0. The summed E-state index contributed by atoms with van der Waals surface area (Å²) in [5.74, 6) is 2.21. The normalized spacial score (nSPS) is 11.4. The molecule has 0 unspecified atom stereocenters. The second kappa shape index (κ2) is 6.50. The summed E-state index contributed by atoms with van der Waals surface area (Å²) >= 11 is 0. The fraction of sp³-hybridized carbons (Fsp3) is 0.643. The topological polar surface area (TPSA) is 68.1 Å². The Bertz CT molecular complexity index is 436. The van der Waals surface area contributed by atoms with E-state index in [1.54, 1.807) is 13.1 Å². The first-order valence-corrected chi connectivity index (χ1v) is 6.67. The van der Waals surface area contributed by atoms with Gasteiger partial charge in [0, 0.05) is 18.3 Å². The van der Waals surface area contributed by atoms with Crippen LogP contribution < -0.4 is 5.32 Å². The molecule has 0 aliphatic carbocycles. The predicted octanol–water partition coefficient (Wildman–Crippen LogP) is 3.64. The Hall–Kier alpha value is -1.65. The van der Waals surface area contributed by atoms with Crippen molar-refractivity contribution in [3.8, 4) is 0 Å². The van der Waals surface area contributed by atoms with Crippen LogP contribution in [0.2, 0.25) is 0 Å². The van der Waals surface area contributed by atoms with Crippen molar-refractivity contribution >= 4 is 11.5 Å². The third kappa shape index (κ3) is 4.19. The van der Waals surface area contributed by atoms with E-state index in [1.807, 2.05) is 0 Å². The Morgan fingerprint density at radius 2 is 1.89 bits per heavy atom. The molecule has 5 heteroatoms. The molecule has 0 amide bonds. The Morgan fingerprint density at radius 1 is 1.32 bits per heavy atom. The Labute approximate surface area is 114 Å². The second-order valence-electron chi connectivity index (χ2n) is 5.65. The molecule has 0 saturated heterocycles. The molecule has 19 heavy (non-hydrogen) atoms. The molecule has 106 valence electrons. The van der Waals surface area contributed by atoms with Crippen LogP contribution >= 0.6 is 0 Å². The van der Waals surface area contributed by atoms with Crippen molar-refractivity contribution in [2.75, 3.05) is 11.9 Å². The molecule has 0 saturated carbocycles. The number of rotatable bonds is 6. The molecule has 1 rings (SSSR count). The van der Waals surface area contributed by atoms with Gasteiger partial charge in [-0.25, -0.2) is 4.98 Å². The van der Waals surface area contributed by atoms with Gasteiger partial charge in [-0.05, 0) is 24.7 Å². The van der Waals surface area contributed by atoms with Crippen LogP contribution in [0, 0.1) is 34.8 Å². The number of anilines is 1. The molecule has 0 aromatic carbocycles. The summed E-state index contributed by atoms with van der Waals surface area (Å²) in [5, 5.41) is 14.1. The molecule has 0 radical (unpaired) electrons. The third-order valence-electron chi connectivity index (χ3n) is 3.50. The van der Waals surface area contributed by atoms with Crippen molar-refractivity contribution in [2.45, 2.75) is 34.6 Å². The first kappa shape index (κ1) is 15.4. The van der Waals surface area contributed by atoms with Crippen molar-refractivity contribution in [3.05, 3.63) is 27.9 Å². The molecule has 0 aliphatic heterocycles. The Balaban J connectivity index is 2.78. The van der Waals surface area contributed by atoms with Gasteiger partial charge < -0.3 is 5.32 Å². The van der Waals surface area contributed by atoms with Gasteiger partial charge in [0.25, 0.3) is 5.69 Å². The smallest absolute Gasteiger partial charge is 0.277 e. The lowest BCUT2D eigenvalue weighted by molar-refractivity contribution is -0.385. The summed E-state index contributed by atoms with van der Waals surface area (Å²) in [6.45, 7) is 11.2. The molecular formula is C14H23N3O2. The lowest BCUT2D eigenvalue weighted by atomic mass is 9.85. The number of hydrogen-bond acceptors (Lipinski definition) is 4. The van der Waals surface area contributed by atoms with E-state index in [0.29, 0.717) is 29.1 Å². The van der Waals surface area contributed by atoms with Gasteiger partial charge in [0.15, 0.2) is 0 Å². The minimum Gasteiger partial charge on any atom is -0.370 e. The molecular weight excluding hydrogens is 242 g/mol. The van der Waals surface area contributed by atoms with E-state index < -0.39 is 0 Å². The molecule has 0 spiro atoms. The second-order valence-corrected chi connectivity index (χ2v) is 5.65. The van der Waals surface area contributed by atoms with E-state index >= 15 is 0 Å². The standard InChI is InChI=1S/C14H23N3O2/c1-9(2)12(10(3)4)8-16-14-6-13(17(18)19)11(5)7-15-14/h6-7,9-10,12H,8H2,1-5H3,(H,15,16). The summed E-state index contributed by atoms with van der Waals surface area (Å²) in [7, 11) is 0. The summed E-state index contributed by atoms with van der Waals surface area (Å²) in [6.07, 6.45) is 1.54. The van der Waals surface area contributed by atoms with E-state index in [1.165, 1.54) is 6.07 Å². The number of nitro groups is 1. The molecule has 1 aromatic rings. The Kier molecular flexibility index (Phi) is 5.27. The van der Waals surface area contributed by atoms with Gasteiger partial charge in [0.1, 0.15) is 5.82 Å². The van der Waals surface area contributed by atoms with E-state index in [4.69, 9.17) is 0 Å². The van der Waals surface area contributed by atoms with Crippen LogP contribution in [-0.4, -0.2) is 16.5 Å². The summed E-state index contributed by atoms with van der Waals surface area (Å²) in [4.78, 5) is 14.7. The number of hydrogen-bond donors (Lipinski definition) is 1.